The summed E-state index contributed by atoms with van der Waals surface area (Å²) in [6.45, 7) is 0. The molecule has 0 bridgehead atoms. The van der Waals surface area contributed by atoms with E-state index >= 15 is 0 Å². The SMILES string of the molecule is O=C(NC1=N[C@H]2CCCC[C@@H]2N1)c1ccc(Cl)cc1. The minimum Gasteiger partial charge on any atom is -0.351 e. The Morgan fingerprint density at radius 3 is 2.74 bits per heavy atom. The van der Waals surface area contributed by atoms with Gasteiger partial charge < -0.3 is 5.32 Å². The maximum Gasteiger partial charge on any atom is 0.257 e. The highest BCUT2D eigenvalue weighted by Gasteiger charge is 2.31. The van der Waals surface area contributed by atoms with Crippen molar-refractivity contribution in [2.75, 3.05) is 0 Å². The molecule has 1 aromatic rings. The van der Waals surface area contributed by atoms with Crippen LogP contribution in [0.2, 0.25) is 5.02 Å². The van der Waals surface area contributed by atoms with E-state index in [4.69, 9.17) is 11.6 Å². The molecule has 1 heterocycles. The lowest BCUT2D eigenvalue weighted by Gasteiger charge is -2.22. The Kier molecular flexibility index (Phi) is 3.42. The fourth-order valence-corrected chi connectivity index (χ4v) is 2.79. The molecule has 5 heteroatoms. The topological polar surface area (TPSA) is 53.5 Å². The number of carbonyl (C=O) groups is 1. The van der Waals surface area contributed by atoms with Crippen molar-refractivity contribution in [1.82, 2.24) is 10.6 Å². The number of hydrogen-bond acceptors (Lipinski definition) is 3. The molecule has 1 aliphatic heterocycles. The van der Waals surface area contributed by atoms with Crippen LogP contribution in [-0.4, -0.2) is 24.0 Å². The predicted molar refractivity (Wildman–Crippen MR) is 75.5 cm³/mol. The molecule has 1 saturated carbocycles. The van der Waals surface area contributed by atoms with Gasteiger partial charge in [0.1, 0.15) is 0 Å². The lowest BCUT2D eigenvalue weighted by atomic mass is 9.92. The van der Waals surface area contributed by atoms with Crippen LogP contribution in [0.5, 0.6) is 0 Å². The highest BCUT2D eigenvalue weighted by Crippen LogP contribution is 2.24. The number of amides is 1. The molecule has 2 atom stereocenters. The summed E-state index contributed by atoms with van der Waals surface area (Å²) in [5.74, 6) is 0.457. The van der Waals surface area contributed by atoms with Gasteiger partial charge >= 0.3 is 0 Å². The van der Waals surface area contributed by atoms with Crippen LogP contribution in [0, 0.1) is 0 Å². The van der Waals surface area contributed by atoms with Crippen LogP contribution in [0.25, 0.3) is 0 Å². The van der Waals surface area contributed by atoms with E-state index in [2.05, 4.69) is 15.6 Å². The summed E-state index contributed by atoms with van der Waals surface area (Å²) in [6, 6.07) is 7.56. The zero-order valence-electron chi connectivity index (χ0n) is 10.5. The smallest absolute Gasteiger partial charge is 0.257 e. The summed E-state index contributed by atoms with van der Waals surface area (Å²) < 4.78 is 0. The summed E-state index contributed by atoms with van der Waals surface area (Å²) in [7, 11) is 0. The monoisotopic (exact) mass is 277 g/mol. The van der Waals surface area contributed by atoms with E-state index in [9.17, 15) is 4.79 Å². The molecule has 0 saturated heterocycles. The highest BCUT2D eigenvalue weighted by atomic mass is 35.5. The normalized spacial score (nSPS) is 25.2. The zero-order chi connectivity index (χ0) is 13.2. The number of hydrogen-bond donors (Lipinski definition) is 2. The van der Waals surface area contributed by atoms with Gasteiger partial charge in [-0.1, -0.05) is 24.4 Å². The van der Waals surface area contributed by atoms with Crippen molar-refractivity contribution < 1.29 is 4.79 Å². The maximum atomic E-state index is 12.0. The molecule has 4 nitrogen and oxygen atoms in total. The lowest BCUT2D eigenvalue weighted by Crippen LogP contribution is -2.43. The Hall–Kier alpha value is -1.55. The molecule has 100 valence electrons. The molecule has 2 N–H and O–H groups in total. The fourth-order valence-electron chi connectivity index (χ4n) is 2.66. The first-order valence-corrected chi connectivity index (χ1v) is 7.01. The molecule has 1 aliphatic carbocycles. The van der Waals surface area contributed by atoms with E-state index in [0.717, 1.165) is 12.8 Å². The van der Waals surface area contributed by atoms with Crippen molar-refractivity contribution in [2.24, 2.45) is 4.99 Å². The Morgan fingerprint density at radius 1 is 1.26 bits per heavy atom. The molecular weight excluding hydrogens is 262 g/mol. The van der Waals surface area contributed by atoms with Crippen molar-refractivity contribution in [3.8, 4) is 0 Å². The zero-order valence-corrected chi connectivity index (χ0v) is 11.3. The van der Waals surface area contributed by atoms with E-state index in [1.807, 2.05) is 0 Å². The maximum absolute atomic E-state index is 12.0. The Labute approximate surface area is 117 Å². The van der Waals surface area contributed by atoms with Crippen molar-refractivity contribution in [2.45, 2.75) is 37.8 Å². The summed E-state index contributed by atoms with van der Waals surface area (Å²) in [4.78, 5) is 16.6. The number of halogens is 1. The van der Waals surface area contributed by atoms with Gasteiger partial charge in [0, 0.05) is 10.6 Å². The van der Waals surface area contributed by atoms with Crippen LogP contribution >= 0.6 is 11.6 Å². The summed E-state index contributed by atoms with van der Waals surface area (Å²) in [6.07, 6.45) is 4.71. The molecule has 0 radical (unpaired) electrons. The molecule has 1 fully saturated rings. The number of aliphatic imine (C=N–C) groups is 1. The van der Waals surface area contributed by atoms with Gasteiger partial charge in [-0.05, 0) is 37.1 Å². The van der Waals surface area contributed by atoms with Crippen molar-refractivity contribution in [1.29, 1.82) is 0 Å². The van der Waals surface area contributed by atoms with E-state index in [1.165, 1.54) is 12.8 Å². The summed E-state index contributed by atoms with van der Waals surface area (Å²) >= 11 is 5.80. The highest BCUT2D eigenvalue weighted by molar-refractivity contribution is 6.30. The Balaban J connectivity index is 1.65. The number of nitrogens with zero attached hydrogens (tertiary/aromatic N) is 1. The molecule has 19 heavy (non-hydrogen) atoms. The number of rotatable bonds is 1. The van der Waals surface area contributed by atoms with E-state index in [-0.39, 0.29) is 5.91 Å². The van der Waals surface area contributed by atoms with Crippen LogP contribution in [0.4, 0.5) is 0 Å². The molecule has 2 aliphatic rings. The second-order valence-corrected chi connectivity index (χ2v) is 5.48. The van der Waals surface area contributed by atoms with E-state index < -0.39 is 0 Å². The first-order valence-electron chi connectivity index (χ1n) is 6.63. The second kappa shape index (κ2) is 5.21. The Morgan fingerprint density at radius 2 is 2.00 bits per heavy atom. The van der Waals surface area contributed by atoms with Gasteiger partial charge in [0.2, 0.25) is 0 Å². The van der Waals surface area contributed by atoms with Gasteiger partial charge in [-0.2, -0.15) is 0 Å². The Bertz CT molecular complexity index is 512. The molecule has 0 spiro atoms. The standard InChI is InChI=1S/C14H16ClN3O/c15-10-7-5-9(6-8-10)13(19)18-14-16-11-3-1-2-4-12(11)17-14/h5-8,11-12H,1-4H2,(H2,16,17,18,19)/t11-,12-/m0/s1. The average Bonchev–Trinajstić information content (AvgIpc) is 2.81. The molecule has 1 amide bonds. The van der Waals surface area contributed by atoms with Gasteiger partial charge in [0.15, 0.2) is 5.96 Å². The number of benzene rings is 1. The number of carbonyl (C=O) groups excluding carboxylic acids is 1. The number of nitrogens with one attached hydrogen (secondary N) is 2. The van der Waals surface area contributed by atoms with Crippen molar-refractivity contribution in [3.05, 3.63) is 34.9 Å². The minimum atomic E-state index is -0.151. The van der Waals surface area contributed by atoms with Crippen LogP contribution in [0.3, 0.4) is 0 Å². The van der Waals surface area contributed by atoms with Crippen LogP contribution < -0.4 is 10.6 Å². The minimum absolute atomic E-state index is 0.151. The van der Waals surface area contributed by atoms with Crippen molar-refractivity contribution >= 4 is 23.5 Å². The first kappa shape index (κ1) is 12.5. The molecule has 1 aromatic carbocycles. The molecular formula is C14H16ClN3O. The average molecular weight is 278 g/mol. The lowest BCUT2D eigenvalue weighted by molar-refractivity contribution is 0.0976. The summed E-state index contributed by atoms with van der Waals surface area (Å²) in [5.41, 5.74) is 0.587. The number of guanidine groups is 1. The van der Waals surface area contributed by atoms with Gasteiger partial charge in [-0.25, -0.2) is 4.99 Å². The number of fused-ring (bicyclic) bond motifs is 1. The van der Waals surface area contributed by atoms with Crippen LogP contribution in [0.1, 0.15) is 36.0 Å². The summed E-state index contributed by atoms with van der Waals surface area (Å²) in [5, 5.41) is 6.75. The largest absolute Gasteiger partial charge is 0.351 e. The molecule has 0 unspecified atom stereocenters. The third-order valence-electron chi connectivity index (χ3n) is 3.68. The quantitative estimate of drug-likeness (QED) is 0.828. The van der Waals surface area contributed by atoms with Gasteiger partial charge in [0.05, 0.1) is 12.1 Å². The third-order valence-corrected chi connectivity index (χ3v) is 3.94. The fraction of sp³-hybridized carbons (Fsp3) is 0.429. The van der Waals surface area contributed by atoms with Gasteiger partial charge in [-0.15, -0.1) is 0 Å². The predicted octanol–water partition coefficient (Wildman–Crippen LogP) is 2.34. The first-order chi connectivity index (χ1) is 9.22. The van der Waals surface area contributed by atoms with Gasteiger partial charge in [-0.3, -0.25) is 10.1 Å². The molecule has 3 rings (SSSR count). The second-order valence-electron chi connectivity index (χ2n) is 5.04. The van der Waals surface area contributed by atoms with Crippen molar-refractivity contribution in [3.63, 3.8) is 0 Å². The molecule has 0 aromatic heterocycles. The van der Waals surface area contributed by atoms with E-state index in [1.54, 1.807) is 24.3 Å². The van der Waals surface area contributed by atoms with Gasteiger partial charge in [0.25, 0.3) is 5.91 Å². The van der Waals surface area contributed by atoms with Crippen LogP contribution in [0.15, 0.2) is 29.3 Å². The third kappa shape index (κ3) is 2.73. The van der Waals surface area contributed by atoms with Crippen LogP contribution in [-0.2, 0) is 0 Å². The van der Waals surface area contributed by atoms with E-state index in [0.29, 0.717) is 28.6 Å².